The van der Waals surface area contributed by atoms with Gasteiger partial charge in [0.2, 0.25) is 0 Å². The van der Waals surface area contributed by atoms with Gasteiger partial charge in [0.15, 0.2) is 0 Å². The molecule has 0 aliphatic carbocycles. The van der Waals surface area contributed by atoms with Crippen molar-refractivity contribution in [3.8, 4) is 0 Å². The summed E-state index contributed by atoms with van der Waals surface area (Å²) in [6, 6.07) is 10.9. The van der Waals surface area contributed by atoms with E-state index in [1.807, 2.05) is 6.07 Å². The fraction of sp³-hybridized carbons (Fsp3) is 0.412. The normalized spacial score (nSPS) is 17.2. The van der Waals surface area contributed by atoms with Gasteiger partial charge in [-0.15, -0.1) is 0 Å². The summed E-state index contributed by atoms with van der Waals surface area (Å²) >= 11 is 0. The maximum Gasteiger partial charge on any atom is 0.0955 e. The van der Waals surface area contributed by atoms with Crippen LogP contribution in [0.2, 0.25) is 0 Å². The van der Waals surface area contributed by atoms with E-state index < -0.39 is 0 Å². The molecule has 3 nitrogen and oxygen atoms in total. The zero-order chi connectivity index (χ0) is 13.8. The van der Waals surface area contributed by atoms with Crippen molar-refractivity contribution < 1.29 is 4.42 Å². The first-order chi connectivity index (χ1) is 9.83. The molecular formula is C17H22N2O. The lowest BCUT2D eigenvalue weighted by atomic mass is 10.1. The van der Waals surface area contributed by atoms with Crippen LogP contribution in [-0.2, 0) is 6.54 Å². The molecule has 1 aromatic carbocycles. The number of nitrogens with one attached hydrogen (secondary N) is 1. The summed E-state index contributed by atoms with van der Waals surface area (Å²) in [5, 5.41) is 3.60. The Morgan fingerprint density at radius 2 is 2.00 bits per heavy atom. The minimum absolute atomic E-state index is 0.258. The van der Waals surface area contributed by atoms with Gasteiger partial charge in [0.25, 0.3) is 0 Å². The highest BCUT2D eigenvalue weighted by atomic mass is 16.3. The van der Waals surface area contributed by atoms with Crippen LogP contribution >= 0.6 is 0 Å². The second kappa shape index (κ2) is 6.14. The number of likely N-dealkylation sites (tertiary alicyclic amines) is 1. The first kappa shape index (κ1) is 13.3. The van der Waals surface area contributed by atoms with E-state index in [4.69, 9.17) is 4.42 Å². The SMILES string of the molecule is CC(Nc1ccccc1CN1CCCC1)c1ccoc1. The lowest BCUT2D eigenvalue weighted by molar-refractivity contribution is 0.332. The van der Waals surface area contributed by atoms with E-state index in [-0.39, 0.29) is 6.04 Å². The topological polar surface area (TPSA) is 28.4 Å². The summed E-state index contributed by atoms with van der Waals surface area (Å²) in [5.74, 6) is 0. The molecular weight excluding hydrogens is 248 g/mol. The van der Waals surface area contributed by atoms with Crippen LogP contribution in [0.15, 0.2) is 47.3 Å². The van der Waals surface area contributed by atoms with Gasteiger partial charge in [0.05, 0.1) is 18.6 Å². The monoisotopic (exact) mass is 270 g/mol. The molecule has 1 aliphatic rings. The van der Waals surface area contributed by atoms with Crippen LogP contribution in [0.3, 0.4) is 0 Å². The highest BCUT2D eigenvalue weighted by Gasteiger charge is 2.14. The molecule has 2 aromatic rings. The van der Waals surface area contributed by atoms with E-state index in [0.29, 0.717) is 0 Å². The molecule has 0 radical (unpaired) electrons. The largest absolute Gasteiger partial charge is 0.472 e. The molecule has 0 spiro atoms. The number of hydrogen-bond donors (Lipinski definition) is 1. The standard InChI is InChI=1S/C17H22N2O/c1-14(16-8-11-20-13-16)18-17-7-3-2-6-15(17)12-19-9-4-5-10-19/h2-3,6-8,11,13-14,18H,4-5,9-10,12H2,1H3. The zero-order valence-electron chi connectivity index (χ0n) is 12.0. The van der Waals surface area contributed by atoms with Crippen LogP contribution in [0.1, 0.15) is 36.9 Å². The molecule has 20 heavy (non-hydrogen) atoms. The summed E-state index contributed by atoms with van der Waals surface area (Å²) in [6.07, 6.45) is 6.20. The lowest BCUT2D eigenvalue weighted by Gasteiger charge is -2.20. The lowest BCUT2D eigenvalue weighted by Crippen LogP contribution is -2.19. The second-order valence-electron chi connectivity index (χ2n) is 5.56. The first-order valence-electron chi connectivity index (χ1n) is 7.42. The summed E-state index contributed by atoms with van der Waals surface area (Å²) in [5.41, 5.74) is 3.79. The van der Waals surface area contributed by atoms with Crippen LogP contribution in [0.4, 0.5) is 5.69 Å². The van der Waals surface area contributed by atoms with Gasteiger partial charge in [-0.25, -0.2) is 0 Å². The summed E-state index contributed by atoms with van der Waals surface area (Å²) in [7, 11) is 0. The molecule has 1 N–H and O–H groups in total. The third-order valence-corrected chi connectivity index (χ3v) is 4.03. The quantitative estimate of drug-likeness (QED) is 0.888. The highest BCUT2D eigenvalue weighted by molar-refractivity contribution is 5.52. The zero-order valence-corrected chi connectivity index (χ0v) is 12.0. The van der Waals surface area contributed by atoms with Crippen LogP contribution < -0.4 is 5.32 Å². The van der Waals surface area contributed by atoms with Crippen molar-refractivity contribution >= 4 is 5.69 Å². The molecule has 0 saturated carbocycles. The predicted octanol–water partition coefficient (Wildman–Crippen LogP) is 4.05. The molecule has 3 heteroatoms. The van der Waals surface area contributed by atoms with Crippen LogP contribution in [0.25, 0.3) is 0 Å². The molecule has 1 aliphatic heterocycles. The Morgan fingerprint density at radius 1 is 1.20 bits per heavy atom. The van der Waals surface area contributed by atoms with E-state index in [9.17, 15) is 0 Å². The molecule has 0 amide bonds. The number of rotatable bonds is 5. The molecule has 3 rings (SSSR count). The van der Waals surface area contributed by atoms with Gasteiger partial charge in [-0.05, 0) is 50.6 Å². The Kier molecular flexibility index (Phi) is 4.07. The number of hydrogen-bond acceptors (Lipinski definition) is 3. The fourth-order valence-corrected chi connectivity index (χ4v) is 2.82. The van der Waals surface area contributed by atoms with E-state index >= 15 is 0 Å². The van der Waals surface area contributed by atoms with Gasteiger partial charge in [-0.2, -0.15) is 0 Å². The average molecular weight is 270 g/mol. The summed E-state index contributed by atoms with van der Waals surface area (Å²) < 4.78 is 5.16. The highest BCUT2D eigenvalue weighted by Crippen LogP contribution is 2.24. The van der Waals surface area contributed by atoms with E-state index in [1.165, 1.54) is 42.7 Å². The van der Waals surface area contributed by atoms with E-state index in [0.717, 1.165) is 6.54 Å². The van der Waals surface area contributed by atoms with Gasteiger partial charge >= 0.3 is 0 Å². The van der Waals surface area contributed by atoms with Crippen molar-refractivity contribution in [3.05, 3.63) is 54.0 Å². The van der Waals surface area contributed by atoms with Crippen LogP contribution in [0, 0.1) is 0 Å². The Balaban J connectivity index is 1.72. The molecule has 0 bridgehead atoms. The molecule has 2 heterocycles. The van der Waals surface area contributed by atoms with Crippen molar-refractivity contribution in [2.75, 3.05) is 18.4 Å². The van der Waals surface area contributed by atoms with E-state index in [1.54, 1.807) is 12.5 Å². The van der Waals surface area contributed by atoms with Crippen molar-refractivity contribution in [2.45, 2.75) is 32.4 Å². The summed E-state index contributed by atoms with van der Waals surface area (Å²) in [6.45, 7) is 5.66. The molecule has 1 aromatic heterocycles. The third-order valence-electron chi connectivity index (χ3n) is 4.03. The third kappa shape index (κ3) is 3.05. The predicted molar refractivity (Wildman–Crippen MR) is 81.7 cm³/mol. The minimum Gasteiger partial charge on any atom is -0.472 e. The maximum atomic E-state index is 5.16. The Hall–Kier alpha value is -1.74. The Labute approximate surface area is 120 Å². The minimum atomic E-state index is 0.258. The average Bonchev–Trinajstić information content (AvgIpc) is 3.13. The van der Waals surface area contributed by atoms with E-state index in [2.05, 4.69) is 41.4 Å². The number of benzene rings is 1. The van der Waals surface area contributed by atoms with Crippen molar-refractivity contribution in [1.82, 2.24) is 4.90 Å². The van der Waals surface area contributed by atoms with Gasteiger partial charge in [-0.3, -0.25) is 4.90 Å². The smallest absolute Gasteiger partial charge is 0.0955 e. The number of para-hydroxylation sites is 1. The summed E-state index contributed by atoms with van der Waals surface area (Å²) in [4.78, 5) is 2.53. The number of anilines is 1. The molecule has 1 unspecified atom stereocenters. The fourth-order valence-electron chi connectivity index (χ4n) is 2.82. The van der Waals surface area contributed by atoms with Crippen molar-refractivity contribution in [3.63, 3.8) is 0 Å². The van der Waals surface area contributed by atoms with Gasteiger partial charge < -0.3 is 9.73 Å². The molecule has 1 saturated heterocycles. The second-order valence-corrected chi connectivity index (χ2v) is 5.56. The first-order valence-corrected chi connectivity index (χ1v) is 7.42. The Bertz CT molecular complexity index is 530. The molecule has 106 valence electrons. The van der Waals surface area contributed by atoms with Gasteiger partial charge in [0.1, 0.15) is 0 Å². The van der Waals surface area contributed by atoms with Crippen LogP contribution in [-0.4, -0.2) is 18.0 Å². The molecule has 1 fully saturated rings. The number of furan rings is 1. The van der Waals surface area contributed by atoms with Gasteiger partial charge in [-0.1, -0.05) is 18.2 Å². The van der Waals surface area contributed by atoms with Crippen molar-refractivity contribution in [2.24, 2.45) is 0 Å². The molecule has 1 atom stereocenters. The van der Waals surface area contributed by atoms with Crippen molar-refractivity contribution in [1.29, 1.82) is 0 Å². The van der Waals surface area contributed by atoms with Gasteiger partial charge in [0, 0.05) is 17.8 Å². The maximum absolute atomic E-state index is 5.16. The Morgan fingerprint density at radius 3 is 2.75 bits per heavy atom. The number of nitrogens with zero attached hydrogens (tertiary/aromatic N) is 1. The van der Waals surface area contributed by atoms with Crippen LogP contribution in [0.5, 0.6) is 0 Å².